The first-order chi connectivity index (χ1) is 9.96. The number of carboxylic acids is 2. The zero-order valence-electron chi connectivity index (χ0n) is 12.9. The lowest BCUT2D eigenvalue weighted by Gasteiger charge is -2.39. The molecule has 1 aliphatic heterocycles. The molecule has 0 spiro atoms. The lowest BCUT2D eigenvalue weighted by molar-refractivity contribution is -0.167. The van der Waals surface area contributed by atoms with E-state index in [1.54, 1.807) is 0 Å². The van der Waals surface area contributed by atoms with Crippen LogP contribution < -0.4 is 0 Å². The number of hydrogen-bond donors (Lipinski definition) is 2. The van der Waals surface area contributed by atoms with E-state index in [-0.39, 0.29) is 12.0 Å². The number of carboxylic acid groups (broad SMARTS) is 2. The van der Waals surface area contributed by atoms with E-state index in [2.05, 4.69) is 13.8 Å². The molecule has 5 nitrogen and oxygen atoms in total. The van der Waals surface area contributed by atoms with Gasteiger partial charge in [0.2, 0.25) is 0 Å². The zero-order valence-corrected chi connectivity index (χ0v) is 12.9. The molecule has 0 radical (unpaired) electrons. The fourth-order valence-corrected chi connectivity index (χ4v) is 3.94. The van der Waals surface area contributed by atoms with Crippen LogP contribution in [0.4, 0.5) is 0 Å². The Morgan fingerprint density at radius 2 is 2.05 bits per heavy atom. The molecule has 5 unspecified atom stereocenters. The summed E-state index contributed by atoms with van der Waals surface area (Å²) in [4.78, 5) is 23.6. The van der Waals surface area contributed by atoms with E-state index in [0.29, 0.717) is 19.3 Å². The Bertz CT molecular complexity index is 407. The molecule has 1 saturated heterocycles. The van der Waals surface area contributed by atoms with Gasteiger partial charge in [-0.1, -0.05) is 39.5 Å². The number of unbranched alkanes of at least 4 members (excludes halogenated alkanes) is 1. The van der Waals surface area contributed by atoms with Gasteiger partial charge in [-0.15, -0.1) is 0 Å². The van der Waals surface area contributed by atoms with Crippen molar-refractivity contribution in [3.05, 3.63) is 0 Å². The van der Waals surface area contributed by atoms with Crippen molar-refractivity contribution in [3.8, 4) is 0 Å². The van der Waals surface area contributed by atoms with E-state index in [9.17, 15) is 19.8 Å². The third kappa shape index (κ3) is 3.07. The fraction of sp³-hybridized carbons (Fsp3) is 0.875. The van der Waals surface area contributed by atoms with Crippen LogP contribution in [0.25, 0.3) is 0 Å². The molecule has 1 saturated carbocycles. The Kier molecular flexibility index (Phi) is 4.91. The smallest absolute Gasteiger partial charge is 0.310 e. The van der Waals surface area contributed by atoms with Crippen molar-refractivity contribution in [2.45, 2.75) is 71.0 Å². The number of aliphatic carboxylic acids is 2. The van der Waals surface area contributed by atoms with Gasteiger partial charge in [0.05, 0.1) is 17.6 Å². The van der Waals surface area contributed by atoms with Crippen molar-refractivity contribution < 1.29 is 24.5 Å². The number of epoxide rings is 1. The molecule has 0 bridgehead atoms. The molecule has 0 aromatic heterocycles. The van der Waals surface area contributed by atoms with Gasteiger partial charge in [-0.2, -0.15) is 0 Å². The summed E-state index contributed by atoms with van der Waals surface area (Å²) in [6, 6.07) is 0. The second kappa shape index (κ2) is 6.34. The number of fused-ring (bicyclic) bond motifs is 1. The predicted molar refractivity (Wildman–Crippen MR) is 77.0 cm³/mol. The van der Waals surface area contributed by atoms with Gasteiger partial charge in [0.15, 0.2) is 0 Å². The second-order valence-corrected chi connectivity index (χ2v) is 6.58. The lowest BCUT2D eigenvalue weighted by atomic mass is 9.61. The number of carbonyl (C=O) groups is 2. The van der Waals surface area contributed by atoms with Gasteiger partial charge in [-0.25, -0.2) is 0 Å². The Hall–Kier alpha value is -1.10. The summed E-state index contributed by atoms with van der Waals surface area (Å²) in [6.45, 7) is 4.17. The molecular formula is C16H26O5. The van der Waals surface area contributed by atoms with Crippen molar-refractivity contribution >= 4 is 11.9 Å². The minimum Gasteiger partial charge on any atom is -0.481 e. The highest BCUT2D eigenvalue weighted by molar-refractivity contribution is 5.84. The van der Waals surface area contributed by atoms with Crippen LogP contribution in [0.5, 0.6) is 0 Å². The molecule has 1 heterocycles. The van der Waals surface area contributed by atoms with Crippen LogP contribution in [0.3, 0.4) is 0 Å². The Balaban J connectivity index is 2.21. The standard InChI is InChI=1S/C16H26O5/c1-3-5-6-10(4-2)9-16(15(19)20)8-7-11-13(21-11)12(16)14(17)18/h10-13H,3-9H2,1-2H3,(H,17,18)(H,19,20). The van der Waals surface area contributed by atoms with Crippen LogP contribution in [0.2, 0.25) is 0 Å². The van der Waals surface area contributed by atoms with Crippen LogP contribution >= 0.6 is 0 Å². The first-order valence-electron chi connectivity index (χ1n) is 8.08. The minimum atomic E-state index is -1.15. The van der Waals surface area contributed by atoms with E-state index < -0.39 is 29.4 Å². The molecule has 0 amide bonds. The average molecular weight is 298 g/mol. The van der Waals surface area contributed by atoms with E-state index >= 15 is 0 Å². The lowest BCUT2D eigenvalue weighted by Crippen LogP contribution is -2.49. The van der Waals surface area contributed by atoms with E-state index in [1.807, 2.05) is 0 Å². The fourth-order valence-electron chi connectivity index (χ4n) is 3.94. The van der Waals surface area contributed by atoms with Crippen molar-refractivity contribution in [2.75, 3.05) is 0 Å². The molecule has 2 fully saturated rings. The minimum absolute atomic E-state index is 0.0331. The topological polar surface area (TPSA) is 87.1 Å². The Morgan fingerprint density at radius 3 is 2.57 bits per heavy atom. The van der Waals surface area contributed by atoms with Crippen molar-refractivity contribution in [3.63, 3.8) is 0 Å². The van der Waals surface area contributed by atoms with E-state index in [0.717, 1.165) is 25.7 Å². The Morgan fingerprint density at radius 1 is 1.33 bits per heavy atom. The summed E-state index contributed by atoms with van der Waals surface area (Å²) in [5, 5.41) is 19.3. The summed E-state index contributed by atoms with van der Waals surface area (Å²) < 4.78 is 5.41. The van der Waals surface area contributed by atoms with Crippen molar-refractivity contribution in [1.29, 1.82) is 0 Å². The molecule has 5 heteroatoms. The Labute approximate surface area is 125 Å². The maximum absolute atomic E-state index is 12.0. The SMILES string of the molecule is CCCCC(CC)CC1(C(=O)O)CCC2OC2C1C(=O)O. The number of ether oxygens (including phenoxy) is 1. The highest BCUT2D eigenvalue weighted by Crippen LogP contribution is 2.54. The monoisotopic (exact) mass is 298 g/mol. The second-order valence-electron chi connectivity index (χ2n) is 6.58. The molecule has 0 aromatic rings. The molecule has 0 aromatic carbocycles. The third-order valence-electron chi connectivity index (χ3n) is 5.31. The molecule has 2 N–H and O–H groups in total. The average Bonchev–Trinajstić information content (AvgIpc) is 3.21. The van der Waals surface area contributed by atoms with Crippen LogP contribution in [0.15, 0.2) is 0 Å². The number of hydrogen-bond acceptors (Lipinski definition) is 3. The predicted octanol–water partition coefficient (Wildman–Crippen LogP) is 2.93. The van der Waals surface area contributed by atoms with Gasteiger partial charge in [0.1, 0.15) is 5.92 Å². The van der Waals surface area contributed by atoms with Crippen LogP contribution in [-0.4, -0.2) is 34.4 Å². The molecule has 5 atom stereocenters. The molecule has 21 heavy (non-hydrogen) atoms. The summed E-state index contributed by atoms with van der Waals surface area (Å²) in [5.41, 5.74) is -1.15. The largest absolute Gasteiger partial charge is 0.481 e. The van der Waals surface area contributed by atoms with E-state index in [4.69, 9.17) is 4.74 Å². The summed E-state index contributed by atoms with van der Waals surface area (Å²) in [5.74, 6) is -2.60. The van der Waals surface area contributed by atoms with Crippen molar-refractivity contribution in [1.82, 2.24) is 0 Å². The molecule has 2 rings (SSSR count). The molecular weight excluding hydrogens is 272 g/mol. The van der Waals surface area contributed by atoms with Crippen molar-refractivity contribution in [2.24, 2.45) is 17.3 Å². The summed E-state index contributed by atoms with van der Waals surface area (Å²) in [7, 11) is 0. The zero-order chi connectivity index (χ0) is 15.6. The first-order valence-corrected chi connectivity index (χ1v) is 8.08. The van der Waals surface area contributed by atoms with Crippen LogP contribution in [0, 0.1) is 17.3 Å². The maximum atomic E-state index is 12.0. The summed E-state index contributed by atoms with van der Waals surface area (Å²) in [6.07, 6.45) is 5.14. The first kappa shape index (κ1) is 16.3. The van der Waals surface area contributed by atoms with Crippen LogP contribution in [-0.2, 0) is 14.3 Å². The molecule has 1 aliphatic carbocycles. The highest BCUT2D eigenvalue weighted by Gasteiger charge is 2.64. The molecule has 120 valence electrons. The van der Waals surface area contributed by atoms with Gasteiger partial charge in [-0.05, 0) is 25.2 Å². The number of rotatable bonds is 8. The van der Waals surface area contributed by atoms with Gasteiger partial charge in [0.25, 0.3) is 0 Å². The normalized spacial score (nSPS) is 35.8. The maximum Gasteiger partial charge on any atom is 0.310 e. The van der Waals surface area contributed by atoms with Gasteiger partial charge in [0, 0.05) is 0 Å². The van der Waals surface area contributed by atoms with Crippen LogP contribution in [0.1, 0.15) is 58.8 Å². The van der Waals surface area contributed by atoms with Gasteiger partial charge in [-0.3, -0.25) is 9.59 Å². The summed E-state index contributed by atoms with van der Waals surface area (Å²) >= 11 is 0. The third-order valence-corrected chi connectivity index (χ3v) is 5.31. The highest BCUT2D eigenvalue weighted by atomic mass is 16.6. The van der Waals surface area contributed by atoms with Gasteiger partial charge < -0.3 is 14.9 Å². The molecule has 2 aliphatic rings. The quantitative estimate of drug-likeness (QED) is 0.673. The van der Waals surface area contributed by atoms with E-state index in [1.165, 1.54) is 0 Å². The van der Waals surface area contributed by atoms with Gasteiger partial charge >= 0.3 is 11.9 Å².